The van der Waals surface area contributed by atoms with Crippen LogP contribution in [-0.4, -0.2) is 16.2 Å². The van der Waals surface area contributed by atoms with Gasteiger partial charge in [-0.3, -0.25) is 0 Å². The molecule has 0 amide bonds. The average Bonchev–Trinajstić information content (AvgIpc) is 2.81. The van der Waals surface area contributed by atoms with Crippen molar-refractivity contribution in [1.82, 2.24) is 0 Å². The summed E-state index contributed by atoms with van der Waals surface area (Å²) in [6.07, 6.45) is 0.785. The SMILES string of the molecule is CCc1cc(OCc2ccc(O)cc2)c(C(=O)O)s1. The Balaban J connectivity index is 2.12. The highest BCUT2D eigenvalue weighted by atomic mass is 32.1. The number of phenols is 1. The molecule has 0 bridgehead atoms. The van der Waals surface area contributed by atoms with E-state index in [0.29, 0.717) is 5.75 Å². The Hall–Kier alpha value is -2.01. The zero-order valence-corrected chi connectivity index (χ0v) is 11.2. The second-order valence-electron chi connectivity index (χ2n) is 4.02. The van der Waals surface area contributed by atoms with Gasteiger partial charge in [0.05, 0.1) is 0 Å². The average molecular weight is 278 g/mol. The van der Waals surface area contributed by atoms with E-state index in [-0.39, 0.29) is 17.2 Å². The van der Waals surface area contributed by atoms with Crippen LogP contribution in [0.1, 0.15) is 27.0 Å². The Morgan fingerprint density at radius 3 is 2.58 bits per heavy atom. The van der Waals surface area contributed by atoms with Crippen LogP contribution in [0.4, 0.5) is 0 Å². The van der Waals surface area contributed by atoms with Gasteiger partial charge in [0.15, 0.2) is 4.88 Å². The molecule has 0 atom stereocenters. The topological polar surface area (TPSA) is 66.8 Å². The van der Waals surface area contributed by atoms with Crippen molar-refractivity contribution in [3.8, 4) is 11.5 Å². The molecule has 2 rings (SSSR count). The van der Waals surface area contributed by atoms with Gasteiger partial charge in [-0.1, -0.05) is 19.1 Å². The minimum atomic E-state index is -0.967. The molecule has 5 heteroatoms. The molecule has 0 saturated carbocycles. The molecule has 0 spiro atoms. The Morgan fingerprint density at radius 1 is 1.32 bits per heavy atom. The monoisotopic (exact) mass is 278 g/mol. The Kier molecular flexibility index (Phi) is 4.06. The van der Waals surface area contributed by atoms with Crippen molar-refractivity contribution in [2.45, 2.75) is 20.0 Å². The molecule has 1 aromatic heterocycles. The summed E-state index contributed by atoms with van der Waals surface area (Å²) in [5.74, 6) is -0.369. The molecule has 1 aromatic carbocycles. The lowest BCUT2D eigenvalue weighted by Gasteiger charge is -2.05. The highest BCUT2D eigenvalue weighted by molar-refractivity contribution is 7.14. The summed E-state index contributed by atoms with van der Waals surface area (Å²) in [7, 11) is 0. The van der Waals surface area contributed by atoms with Gasteiger partial charge < -0.3 is 14.9 Å². The molecule has 2 N–H and O–H groups in total. The zero-order chi connectivity index (χ0) is 13.8. The Bertz CT molecular complexity index is 572. The lowest BCUT2D eigenvalue weighted by atomic mass is 10.2. The summed E-state index contributed by atoms with van der Waals surface area (Å²) in [4.78, 5) is 12.3. The minimum Gasteiger partial charge on any atom is -0.508 e. The van der Waals surface area contributed by atoms with Gasteiger partial charge in [-0.05, 0) is 30.2 Å². The number of hydrogen-bond acceptors (Lipinski definition) is 4. The molecular weight excluding hydrogens is 264 g/mol. The number of phenolic OH excluding ortho intramolecular Hbond substituents is 1. The molecule has 100 valence electrons. The van der Waals surface area contributed by atoms with E-state index in [4.69, 9.17) is 9.84 Å². The van der Waals surface area contributed by atoms with Crippen LogP contribution in [-0.2, 0) is 13.0 Å². The Morgan fingerprint density at radius 2 is 2.00 bits per heavy atom. The van der Waals surface area contributed by atoms with E-state index in [0.717, 1.165) is 16.9 Å². The van der Waals surface area contributed by atoms with Crippen molar-refractivity contribution in [2.24, 2.45) is 0 Å². The number of rotatable bonds is 5. The lowest BCUT2D eigenvalue weighted by Crippen LogP contribution is -1.99. The number of benzene rings is 1. The molecule has 1 heterocycles. The van der Waals surface area contributed by atoms with E-state index in [2.05, 4.69) is 0 Å². The van der Waals surface area contributed by atoms with Crippen molar-refractivity contribution in [1.29, 1.82) is 0 Å². The Labute approximate surface area is 114 Å². The first-order chi connectivity index (χ1) is 9.10. The number of aromatic hydroxyl groups is 1. The standard InChI is InChI=1S/C14H14O4S/c1-2-11-7-12(13(19-11)14(16)17)18-8-9-3-5-10(15)6-4-9/h3-7,15H,2,8H2,1H3,(H,16,17). The van der Waals surface area contributed by atoms with E-state index in [1.54, 1.807) is 30.3 Å². The van der Waals surface area contributed by atoms with Gasteiger partial charge in [0.25, 0.3) is 0 Å². The van der Waals surface area contributed by atoms with Crippen molar-refractivity contribution >= 4 is 17.3 Å². The van der Waals surface area contributed by atoms with Gasteiger partial charge in [0, 0.05) is 4.88 Å². The number of hydrogen-bond donors (Lipinski definition) is 2. The fourth-order valence-electron chi connectivity index (χ4n) is 1.61. The summed E-state index contributed by atoms with van der Waals surface area (Å²) in [6, 6.07) is 8.39. The number of thiophene rings is 1. The lowest BCUT2D eigenvalue weighted by molar-refractivity contribution is 0.0697. The van der Waals surface area contributed by atoms with E-state index in [9.17, 15) is 9.90 Å². The largest absolute Gasteiger partial charge is 0.508 e. The third kappa shape index (κ3) is 3.26. The first-order valence-corrected chi connectivity index (χ1v) is 6.68. The number of carbonyl (C=O) groups is 1. The molecule has 0 aliphatic heterocycles. The number of aromatic carboxylic acids is 1. The van der Waals surface area contributed by atoms with E-state index in [1.807, 2.05) is 6.92 Å². The van der Waals surface area contributed by atoms with Crippen molar-refractivity contribution in [3.63, 3.8) is 0 Å². The summed E-state index contributed by atoms with van der Waals surface area (Å²) < 4.78 is 5.55. The smallest absolute Gasteiger partial charge is 0.349 e. The molecule has 2 aromatic rings. The maximum Gasteiger partial charge on any atom is 0.349 e. The number of carboxylic acid groups (broad SMARTS) is 1. The van der Waals surface area contributed by atoms with Gasteiger partial charge in [-0.2, -0.15) is 0 Å². The van der Waals surface area contributed by atoms with Crippen molar-refractivity contribution < 1.29 is 19.7 Å². The van der Waals surface area contributed by atoms with Crippen LogP contribution in [0.5, 0.6) is 11.5 Å². The van der Waals surface area contributed by atoms with Crippen LogP contribution < -0.4 is 4.74 Å². The van der Waals surface area contributed by atoms with Crippen LogP contribution in [0.15, 0.2) is 30.3 Å². The van der Waals surface area contributed by atoms with Crippen LogP contribution in [0.25, 0.3) is 0 Å². The maximum absolute atomic E-state index is 11.1. The van der Waals surface area contributed by atoms with Gasteiger partial charge in [-0.15, -0.1) is 11.3 Å². The van der Waals surface area contributed by atoms with Gasteiger partial charge in [0.1, 0.15) is 18.1 Å². The highest BCUT2D eigenvalue weighted by Gasteiger charge is 2.16. The number of aryl methyl sites for hydroxylation is 1. The molecule has 4 nitrogen and oxygen atoms in total. The van der Waals surface area contributed by atoms with Crippen LogP contribution in [0.3, 0.4) is 0 Å². The molecule has 0 aliphatic carbocycles. The molecule has 0 saturated heterocycles. The quantitative estimate of drug-likeness (QED) is 0.880. The second kappa shape index (κ2) is 5.75. The molecule has 0 aliphatic rings. The molecule has 0 radical (unpaired) electrons. The zero-order valence-electron chi connectivity index (χ0n) is 10.4. The third-order valence-corrected chi connectivity index (χ3v) is 3.87. The van der Waals surface area contributed by atoms with E-state index in [1.165, 1.54) is 11.3 Å². The predicted molar refractivity (Wildman–Crippen MR) is 73.1 cm³/mol. The molecule has 0 unspecified atom stereocenters. The van der Waals surface area contributed by atoms with E-state index >= 15 is 0 Å². The van der Waals surface area contributed by atoms with Crippen LogP contribution >= 0.6 is 11.3 Å². The van der Waals surface area contributed by atoms with Crippen LogP contribution in [0.2, 0.25) is 0 Å². The first kappa shape index (κ1) is 13.4. The third-order valence-electron chi connectivity index (χ3n) is 2.62. The van der Waals surface area contributed by atoms with Gasteiger partial charge in [0.2, 0.25) is 0 Å². The minimum absolute atomic E-state index is 0.193. The van der Waals surface area contributed by atoms with Crippen LogP contribution in [0, 0.1) is 0 Å². The normalized spacial score (nSPS) is 10.4. The predicted octanol–water partition coefficient (Wildman–Crippen LogP) is 3.29. The molecular formula is C14H14O4S. The summed E-state index contributed by atoms with van der Waals surface area (Å²) in [5.41, 5.74) is 0.874. The number of carboxylic acids is 1. The maximum atomic E-state index is 11.1. The fourth-order valence-corrected chi connectivity index (χ4v) is 2.48. The second-order valence-corrected chi connectivity index (χ2v) is 5.16. The van der Waals surface area contributed by atoms with Crippen molar-refractivity contribution in [3.05, 3.63) is 45.6 Å². The van der Waals surface area contributed by atoms with Gasteiger partial charge in [-0.25, -0.2) is 4.79 Å². The van der Waals surface area contributed by atoms with Gasteiger partial charge >= 0.3 is 5.97 Å². The molecule has 19 heavy (non-hydrogen) atoms. The highest BCUT2D eigenvalue weighted by Crippen LogP contribution is 2.30. The number of ether oxygens (including phenoxy) is 1. The van der Waals surface area contributed by atoms with E-state index < -0.39 is 5.97 Å². The fraction of sp³-hybridized carbons (Fsp3) is 0.214. The summed E-state index contributed by atoms with van der Waals surface area (Å²) in [5, 5.41) is 18.3. The molecule has 0 fully saturated rings. The summed E-state index contributed by atoms with van der Waals surface area (Å²) in [6.45, 7) is 2.25. The first-order valence-electron chi connectivity index (χ1n) is 5.87. The van der Waals surface area contributed by atoms with Crippen molar-refractivity contribution in [2.75, 3.05) is 0 Å². The summed E-state index contributed by atoms with van der Waals surface area (Å²) >= 11 is 1.24.